The van der Waals surface area contributed by atoms with Gasteiger partial charge in [0.25, 0.3) is 11.7 Å². The summed E-state index contributed by atoms with van der Waals surface area (Å²) in [7, 11) is 1.57. The molecule has 1 aliphatic rings. The minimum absolute atomic E-state index is 0.0766. The average Bonchev–Trinajstić information content (AvgIpc) is 3.04. The number of ether oxygens (including phenoxy) is 1. The Balaban J connectivity index is 1.96. The number of aliphatic hydroxyl groups excluding tert-OH is 1. The lowest BCUT2D eigenvalue weighted by atomic mass is 9.93. The maximum Gasteiger partial charge on any atom is 0.300 e. The van der Waals surface area contributed by atoms with Crippen molar-refractivity contribution in [1.29, 1.82) is 0 Å². The number of Topliss-reactive ketones (excluding diaryl/α,β-unsaturated/α-hetero) is 1. The number of methoxy groups -OCH3 is 1. The van der Waals surface area contributed by atoms with Gasteiger partial charge < -0.3 is 9.84 Å². The molecule has 1 amide bonds. The van der Waals surface area contributed by atoms with Gasteiger partial charge in [-0.25, -0.2) is 0 Å². The zero-order valence-corrected chi connectivity index (χ0v) is 17.6. The number of hydrogen-bond donors (Lipinski definition) is 1. The number of nitrogens with zero attached hydrogens (tertiary/aromatic N) is 1. The van der Waals surface area contributed by atoms with E-state index in [-0.39, 0.29) is 11.3 Å². The molecule has 1 saturated heterocycles. The quantitative estimate of drug-likeness (QED) is 0.374. The zero-order chi connectivity index (χ0) is 22.1. The van der Waals surface area contributed by atoms with Gasteiger partial charge in [-0.3, -0.25) is 14.5 Å². The maximum atomic E-state index is 13.2. The number of benzene rings is 3. The smallest absolute Gasteiger partial charge is 0.300 e. The van der Waals surface area contributed by atoms with E-state index in [0.29, 0.717) is 17.0 Å². The van der Waals surface area contributed by atoms with Crippen molar-refractivity contribution in [2.75, 3.05) is 12.0 Å². The van der Waals surface area contributed by atoms with Crippen LogP contribution in [0.1, 0.15) is 28.3 Å². The largest absolute Gasteiger partial charge is 0.507 e. The van der Waals surface area contributed by atoms with E-state index in [1.165, 1.54) is 4.90 Å². The second kappa shape index (κ2) is 8.11. The van der Waals surface area contributed by atoms with E-state index >= 15 is 0 Å². The fourth-order valence-corrected chi connectivity index (χ4v) is 4.02. The molecule has 0 spiro atoms. The number of carbonyl (C=O) groups is 2. The highest BCUT2D eigenvalue weighted by Gasteiger charge is 2.47. The molecule has 3 aromatic carbocycles. The normalized spacial score (nSPS) is 17.8. The predicted molar refractivity (Wildman–Crippen MR) is 120 cm³/mol. The van der Waals surface area contributed by atoms with E-state index in [2.05, 4.69) is 0 Å². The van der Waals surface area contributed by atoms with Crippen LogP contribution in [0.15, 0.2) is 78.4 Å². The number of amides is 1. The van der Waals surface area contributed by atoms with Crippen LogP contribution in [-0.2, 0) is 9.59 Å². The van der Waals surface area contributed by atoms with Crippen LogP contribution in [0.25, 0.3) is 5.76 Å². The number of aryl methyl sites for hydroxylation is 2. The molecule has 1 unspecified atom stereocenters. The Morgan fingerprint density at radius 1 is 0.935 bits per heavy atom. The first-order valence-corrected chi connectivity index (χ1v) is 10.00. The van der Waals surface area contributed by atoms with Gasteiger partial charge in [0, 0.05) is 11.3 Å². The highest BCUT2D eigenvalue weighted by Crippen LogP contribution is 2.42. The Morgan fingerprint density at radius 2 is 1.68 bits per heavy atom. The minimum Gasteiger partial charge on any atom is -0.507 e. The van der Waals surface area contributed by atoms with Crippen molar-refractivity contribution in [3.8, 4) is 5.75 Å². The molecule has 0 aromatic heterocycles. The summed E-state index contributed by atoms with van der Waals surface area (Å²) < 4.78 is 5.24. The molecular formula is C26H23NO4. The Morgan fingerprint density at radius 3 is 2.32 bits per heavy atom. The summed E-state index contributed by atoms with van der Waals surface area (Å²) in [6.45, 7) is 3.78. The molecule has 31 heavy (non-hydrogen) atoms. The summed E-state index contributed by atoms with van der Waals surface area (Å²) in [5.41, 5.74) is 3.66. The summed E-state index contributed by atoms with van der Waals surface area (Å²) >= 11 is 0. The molecule has 5 heteroatoms. The molecule has 0 aliphatic carbocycles. The van der Waals surface area contributed by atoms with Gasteiger partial charge in [0.15, 0.2) is 0 Å². The first kappa shape index (κ1) is 20.4. The fraction of sp³-hybridized carbons (Fsp3) is 0.154. The third-order valence-electron chi connectivity index (χ3n) is 5.53. The summed E-state index contributed by atoms with van der Waals surface area (Å²) in [6.07, 6.45) is 0. The SMILES string of the molecule is COc1ccc(/C(O)=C2/C(=O)C(=O)N(c3ccccc3)C2c2cccc(C)c2)c(C)c1. The Bertz CT molecular complexity index is 1200. The van der Waals surface area contributed by atoms with E-state index in [4.69, 9.17) is 4.74 Å². The summed E-state index contributed by atoms with van der Waals surface area (Å²) in [5, 5.41) is 11.3. The summed E-state index contributed by atoms with van der Waals surface area (Å²) in [6, 6.07) is 21.2. The number of aliphatic hydroxyl groups is 1. The van der Waals surface area contributed by atoms with Crippen LogP contribution in [0, 0.1) is 13.8 Å². The lowest BCUT2D eigenvalue weighted by Crippen LogP contribution is -2.29. The second-order valence-electron chi connectivity index (χ2n) is 7.60. The van der Waals surface area contributed by atoms with Crippen LogP contribution >= 0.6 is 0 Å². The lowest BCUT2D eigenvalue weighted by Gasteiger charge is -2.25. The van der Waals surface area contributed by atoms with Crippen LogP contribution in [0.4, 0.5) is 5.69 Å². The van der Waals surface area contributed by atoms with Crippen LogP contribution < -0.4 is 9.64 Å². The van der Waals surface area contributed by atoms with Crippen LogP contribution in [0.5, 0.6) is 5.75 Å². The highest BCUT2D eigenvalue weighted by atomic mass is 16.5. The zero-order valence-electron chi connectivity index (χ0n) is 17.6. The number of para-hydroxylation sites is 1. The van der Waals surface area contributed by atoms with E-state index < -0.39 is 17.7 Å². The molecule has 1 aliphatic heterocycles. The number of carbonyl (C=O) groups excluding carboxylic acids is 2. The van der Waals surface area contributed by atoms with Crippen molar-refractivity contribution in [3.05, 3.63) is 101 Å². The first-order valence-electron chi connectivity index (χ1n) is 10.00. The minimum atomic E-state index is -0.733. The molecule has 1 heterocycles. The molecule has 4 rings (SSSR count). The molecule has 1 fully saturated rings. The third kappa shape index (κ3) is 3.59. The Hall–Kier alpha value is -3.86. The molecule has 5 nitrogen and oxygen atoms in total. The van der Waals surface area contributed by atoms with E-state index in [1.54, 1.807) is 37.4 Å². The van der Waals surface area contributed by atoms with E-state index in [1.807, 2.05) is 56.3 Å². The van der Waals surface area contributed by atoms with Gasteiger partial charge >= 0.3 is 0 Å². The third-order valence-corrected chi connectivity index (χ3v) is 5.53. The van der Waals surface area contributed by atoms with E-state index in [9.17, 15) is 14.7 Å². The Labute approximate surface area is 181 Å². The van der Waals surface area contributed by atoms with Crippen molar-refractivity contribution >= 4 is 23.1 Å². The van der Waals surface area contributed by atoms with E-state index in [0.717, 1.165) is 16.7 Å². The van der Waals surface area contributed by atoms with Gasteiger partial charge in [0.1, 0.15) is 11.5 Å². The monoisotopic (exact) mass is 413 g/mol. The number of rotatable bonds is 4. The van der Waals surface area contributed by atoms with Crippen molar-refractivity contribution in [2.24, 2.45) is 0 Å². The van der Waals surface area contributed by atoms with Gasteiger partial charge in [-0.05, 0) is 55.3 Å². The van der Waals surface area contributed by atoms with Crippen molar-refractivity contribution in [2.45, 2.75) is 19.9 Å². The number of hydrogen-bond acceptors (Lipinski definition) is 4. The fourth-order valence-electron chi connectivity index (χ4n) is 4.02. The molecular weight excluding hydrogens is 390 g/mol. The molecule has 0 radical (unpaired) electrons. The number of ketones is 1. The second-order valence-corrected chi connectivity index (χ2v) is 7.60. The average molecular weight is 413 g/mol. The van der Waals surface area contributed by atoms with Crippen LogP contribution in [-0.4, -0.2) is 23.9 Å². The molecule has 3 aromatic rings. The van der Waals surface area contributed by atoms with Gasteiger partial charge in [-0.2, -0.15) is 0 Å². The van der Waals surface area contributed by atoms with Gasteiger partial charge in [0.05, 0.1) is 18.7 Å². The standard InChI is InChI=1S/C26H23NO4/c1-16-8-7-9-18(14-16)23-22(24(28)21-13-12-20(31-3)15-17(21)2)25(29)26(30)27(23)19-10-5-4-6-11-19/h4-15,23,28H,1-3H3/b24-22-. The van der Waals surface area contributed by atoms with Crippen LogP contribution in [0.2, 0.25) is 0 Å². The van der Waals surface area contributed by atoms with Crippen molar-refractivity contribution in [1.82, 2.24) is 0 Å². The van der Waals surface area contributed by atoms with Gasteiger partial charge in [0.2, 0.25) is 0 Å². The highest BCUT2D eigenvalue weighted by molar-refractivity contribution is 6.51. The molecule has 156 valence electrons. The topological polar surface area (TPSA) is 66.8 Å². The van der Waals surface area contributed by atoms with Crippen LogP contribution in [0.3, 0.4) is 0 Å². The maximum absolute atomic E-state index is 13.2. The Kier molecular flexibility index (Phi) is 5.34. The van der Waals surface area contributed by atoms with Crippen molar-refractivity contribution < 1.29 is 19.4 Å². The summed E-state index contributed by atoms with van der Waals surface area (Å²) in [4.78, 5) is 27.8. The summed E-state index contributed by atoms with van der Waals surface area (Å²) in [5.74, 6) is -0.911. The molecule has 0 saturated carbocycles. The first-order chi connectivity index (χ1) is 14.9. The van der Waals surface area contributed by atoms with Gasteiger partial charge in [-0.1, -0.05) is 48.0 Å². The predicted octanol–water partition coefficient (Wildman–Crippen LogP) is 4.94. The van der Waals surface area contributed by atoms with Gasteiger partial charge in [-0.15, -0.1) is 0 Å². The van der Waals surface area contributed by atoms with Crippen molar-refractivity contribution in [3.63, 3.8) is 0 Å². The number of anilines is 1. The molecule has 1 N–H and O–H groups in total. The lowest BCUT2D eigenvalue weighted by molar-refractivity contribution is -0.132. The molecule has 1 atom stereocenters. The molecule has 0 bridgehead atoms.